The number of H-pyrrole nitrogens is 1. The van der Waals surface area contributed by atoms with Crippen LogP contribution in [0.3, 0.4) is 0 Å². The lowest BCUT2D eigenvalue weighted by molar-refractivity contribution is 0.121. The molecule has 1 aromatic carbocycles. The fraction of sp³-hybridized carbons (Fsp3) is 0.429. The second-order valence-electron chi connectivity index (χ2n) is 7.98. The van der Waals surface area contributed by atoms with Crippen LogP contribution in [0.2, 0.25) is 0 Å². The first kappa shape index (κ1) is 21.2. The van der Waals surface area contributed by atoms with Gasteiger partial charge >= 0.3 is 5.69 Å². The van der Waals surface area contributed by atoms with Gasteiger partial charge in [0.1, 0.15) is 0 Å². The molecule has 1 fully saturated rings. The van der Waals surface area contributed by atoms with Crippen molar-refractivity contribution in [3.8, 4) is 0 Å². The summed E-state index contributed by atoms with van der Waals surface area (Å²) in [5, 5.41) is 0. The van der Waals surface area contributed by atoms with Gasteiger partial charge in [0.25, 0.3) is 5.56 Å². The number of thiazole rings is 1. The summed E-state index contributed by atoms with van der Waals surface area (Å²) in [5.41, 5.74) is 1.01. The molecule has 5 rings (SSSR count). The average molecular weight is 473 g/mol. The Bertz CT molecular complexity index is 1350. The minimum Gasteiger partial charge on any atom is -0.378 e. The Labute approximate surface area is 192 Å². The van der Waals surface area contributed by atoms with Gasteiger partial charge in [-0.15, -0.1) is 11.3 Å². The van der Waals surface area contributed by atoms with E-state index < -0.39 is 11.2 Å². The number of morpholine rings is 1. The molecule has 3 aromatic heterocycles. The predicted molar refractivity (Wildman–Crippen MR) is 128 cm³/mol. The number of aryl methyl sites for hydroxylation is 1. The van der Waals surface area contributed by atoms with Crippen LogP contribution < -0.4 is 16.1 Å². The Morgan fingerprint density at radius 3 is 2.78 bits per heavy atom. The lowest BCUT2D eigenvalue weighted by Gasteiger charge is -2.28. The number of nitrogens with one attached hydrogen (secondary N) is 1. The van der Waals surface area contributed by atoms with Crippen LogP contribution >= 0.6 is 23.1 Å². The molecule has 0 amide bonds. The molecule has 0 radical (unpaired) electrons. The molecule has 9 nitrogen and oxygen atoms in total. The van der Waals surface area contributed by atoms with E-state index in [0.717, 1.165) is 15.6 Å². The third kappa shape index (κ3) is 3.96. The molecule has 1 atom stereocenters. The molecule has 0 aliphatic carbocycles. The van der Waals surface area contributed by atoms with Crippen LogP contribution in [-0.4, -0.2) is 56.1 Å². The van der Waals surface area contributed by atoms with E-state index in [1.807, 2.05) is 22.8 Å². The van der Waals surface area contributed by atoms with E-state index in [2.05, 4.69) is 22.9 Å². The Kier molecular flexibility index (Phi) is 5.78. The summed E-state index contributed by atoms with van der Waals surface area (Å²) in [7, 11) is 1.63. The topological polar surface area (TPSA) is 98.0 Å². The summed E-state index contributed by atoms with van der Waals surface area (Å²) >= 11 is 3.43. The third-order valence-corrected chi connectivity index (χ3v) is 8.05. The Morgan fingerprint density at radius 2 is 2.00 bits per heavy atom. The molecule has 1 saturated heterocycles. The summed E-state index contributed by atoms with van der Waals surface area (Å²) in [6.45, 7) is 5.39. The van der Waals surface area contributed by atoms with Gasteiger partial charge in [-0.1, -0.05) is 30.8 Å². The Hall–Kier alpha value is -2.63. The predicted octanol–water partition coefficient (Wildman–Crippen LogP) is 2.30. The van der Waals surface area contributed by atoms with Crippen LogP contribution in [0.4, 0.5) is 5.95 Å². The highest BCUT2D eigenvalue weighted by atomic mass is 32.2. The van der Waals surface area contributed by atoms with Gasteiger partial charge in [-0.05, 0) is 18.1 Å². The minimum absolute atomic E-state index is 0.251. The van der Waals surface area contributed by atoms with E-state index in [1.54, 1.807) is 30.1 Å². The number of nitrogens with zero attached hydrogens (tertiary/aromatic N) is 5. The van der Waals surface area contributed by atoms with Gasteiger partial charge in [0.15, 0.2) is 15.5 Å². The third-order valence-electron chi connectivity index (χ3n) is 5.54. The van der Waals surface area contributed by atoms with Gasteiger partial charge in [0.05, 0.1) is 23.4 Å². The largest absolute Gasteiger partial charge is 0.378 e. The number of thioether (sulfide) groups is 1. The number of anilines is 1. The van der Waals surface area contributed by atoms with Gasteiger partial charge in [-0.3, -0.25) is 14.3 Å². The van der Waals surface area contributed by atoms with Crippen molar-refractivity contribution in [3.63, 3.8) is 0 Å². The molecular formula is C21H24N6O3S2. The zero-order valence-corrected chi connectivity index (χ0v) is 19.5. The summed E-state index contributed by atoms with van der Waals surface area (Å²) in [6, 6.07) is 8.15. The Morgan fingerprint density at radius 1 is 1.22 bits per heavy atom. The zero-order chi connectivity index (χ0) is 22.2. The van der Waals surface area contributed by atoms with Crippen molar-refractivity contribution in [1.29, 1.82) is 0 Å². The van der Waals surface area contributed by atoms with Crippen LogP contribution in [0, 0.1) is 5.92 Å². The second kappa shape index (κ2) is 8.72. The van der Waals surface area contributed by atoms with Crippen LogP contribution in [-0.2, 0) is 18.3 Å². The molecule has 168 valence electrons. The highest BCUT2D eigenvalue weighted by molar-refractivity contribution is 8.01. The van der Waals surface area contributed by atoms with E-state index in [9.17, 15) is 9.59 Å². The summed E-state index contributed by atoms with van der Waals surface area (Å²) < 4.78 is 11.1. The normalized spacial score (nSPS) is 15.6. The van der Waals surface area contributed by atoms with E-state index in [0.29, 0.717) is 50.0 Å². The molecule has 1 aliphatic heterocycles. The van der Waals surface area contributed by atoms with Crippen molar-refractivity contribution in [1.82, 2.24) is 24.1 Å². The van der Waals surface area contributed by atoms with Crippen LogP contribution in [0.5, 0.6) is 0 Å². The van der Waals surface area contributed by atoms with E-state index in [1.165, 1.54) is 9.27 Å². The summed E-state index contributed by atoms with van der Waals surface area (Å²) in [5.74, 6) is 1.82. The van der Waals surface area contributed by atoms with Gasteiger partial charge in [0, 0.05) is 32.4 Å². The van der Waals surface area contributed by atoms with E-state index in [4.69, 9.17) is 14.7 Å². The van der Waals surface area contributed by atoms with Crippen molar-refractivity contribution in [2.24, 2.45) is 13.0 Å². The van der Waals surface area contributed by atoms with Crippen molar-refractivity contribution in [2.45, 2.75) is 17.8 Å². The number of benzene rings is 1. The van der Waals surface area contributed by atoms with Crippen molar-refractivity contribution >= 4 is 50.4 Å². The average Bonchev–Trinajstić information content (AvgIpc) is 3.38. The molecule has 11 heteroatoms. The van der Waals surface area contributed by atoms with Crippen LogP contribution in [0.15, 0.2) is 38.2 Å². The molecule has 4 heterocycles. The number of ether oxygens (including phenoxy) is 1. The zero-order valence-electron chi connectivity index (χ0n) is 17.9. The Balaban J connectivity index is 1.44. The highest BCUT2D eigenvalue weighted by Gasteiger charge is 2.24. The number of hydrogen-bond acceptors (Lipinski definition) is 8. The van der Waals surface area contributed by atoms with Gasteiger partial charge in [-0.2, -0.15) is 4.98 Å². The smallest absolute Gasteiger partial charge is 0.329 e. The lowest BCUT2D eigenvalue weighted by Crippen LogP contribution is -2.38. The number of imidazole rings is 1. The standard InChI is InChI=1S/C21H24N6O3S2/c1-13(12-31-21-22-14-5-3-4-6-15(14)32-21)11-27-16-17(25(2)20(29)24-18(16)28)23-19(27)26-7-9-30-10-8-26/h3-6,13H,7-12H2,1-2H3,(H,24,28,29)/t13-/m1/s1. The first-order chi connectivity index (χ1) is 15.5. The molecule has 32 heavy (non-hydrogen) atoms. The molecule has 0 bridgehead atoms. The van der Waals surface area contributed by atoms with Crippen molar-refractivity contribution in [3.05, 3.63) is 45.1 Å². The lowest BCUT2D eigenvalue weighted by atomic mass is 10.2. The highest BCUT2D eigenvalue weighted by Crippen LogP contribution is 2.31. The first-order valence-corrected chi connectivity index (χ1v) is 12.3. The van der Waals surface area contributed by atoms with Gasteiger partial charge < -0.3 is 14.2 Å². The summed E-state index contributed by atoms with van der Waals surface area (Å²) in [6.07, 6.45) is 0. The molecule has 0 unspecified atom stereocenters. The maximum Gasteiger partial charge on any atom is 0.329 e. The number of aromatic amines is 1. The minimum atomic E-state index is -0.458. The van der Waals surface area contributed by atoms with E-state index >= 15 is 0 Å². The number of fused-ring (bicyclic) bond motifs is 2. The molecular weight excluding hydrogens is 448 g/mol. The number of aromatic nitrogens is 5. The molecule has 4 aromatic rings. The summed E-state index contributed by atoms with van der Waals surface area (Å²) in [4.78, 5) is 38.8. The van der Waals surface area contributed by atoms with Crippen LogP contribution in [0.25, 0.3) is 21.4 Å². The van der Waals surface area contributed by atoms with Crippen molar-refractivity contribution < 1.29 is 4.74 Å². The SMILES string of the molecule is C[C@@H](CSc1nc2ccccc2s1)Cn1c(N2CCOCC2)nc2c1c(=O)[nH]c(=O)n2C. The fourth-order valence-corrected chi connectivity index (χ4v) is 5.99. The molecule has 0 spiro atoms. The number of rotatable bonds is 6. The molecule has 0 saturated carbocycles. The fourth-order valence-electron chi connectivity index (χ4n) is 3.89. The second-order valence-corrected chi connectivity index (χ2v) is 10.3. The quantitative estimate of drug-likeness (QED) is 0.430. The van der Waals surface area contributed by atoms with Gasteiger partial charge in [0.2, 0.25) is 5.95 Å². The number of para-hydroxylation sites is 1. The number of hydrogen-bond donors (Lipinski definition) is 1. The molecule has 1 aliphatic rings. The first-order valence-electron chi connectivity index (χ1n) is 10.5. The van der Waals surface area contributed by atoms with Crippen LogP contribution in [0.1, 0.15) is 6.92 Å². The molecule has 1 N–H and O–H groups in total. The monoisotopic (exact) mass is 472 g/mol. The van der Waals surface area contributed by atoms with E-state index in [-0.39, 0.29) is 5.92 Å². The van der Waals surface area contributed by atoms with Gasteiger partial charge in [-0.25, -0.2) is 9.78 Å². The van der Waals surface area contributed by atoms with Crippen molar-refractivity contribution in [2.75, 3.05) is 37.0 Å². The maximum atomic E-state index is 12.7. The maximum absolute atomic E-state index is 12.7.